The first-order valence-corrected chi connectivity index (χ1v) is 5.81. The van der Waals surface area contributed by atoms with Gasteiger partial charge in [-0.25, -0.2) is 8.42 Å². The fourth-order valence-electron chi connectivity index (χ4n) is 1.03. The van der Waals surface area contributed by atoms with Gasteiger partial charge in [-0.3, -0.25) is 0 Å². The number of sulfone groups is 1. The average Bonchev–Trinajstić information content (AvgIpc) is 1.87. The molecule has 0 saturated carbocycles. The quantitative estimate of drug-likeness (QED) is 0.665. The van der Waals surface area contributed by atoms with Gasteiger partial charge >= 0.3 is 0 Å². The molecule has 0 spiro atoms. The summed E-state index contributed by atoms with van der Waals surface area (Å²) in [6, 6.07) is 0. The molecule has 0 amide bonds. The first-order chi connectivity index (χ1) is 5.02. The van der Waals surface area contributed by atoms with E-state index in [0.29, 0.717) is 12.8 Å². The minimum atomic E-state index is -2.83. The smallest absolute Gasteiger partial charge is 0.150 e. The second kappa shape index (κ2) is 4.72. The molecule has 0 fully saturated rings. The average molecular weight is 179 g/mol. The summed E-state index contributed by atoms with van der Waals surface area (Å²) in [6.07, 6.45) is 2.73. The van der Waals surface area contributed by atoms with Crippen molar-refractivity contribution in [1.82, 2.24) is 5.32 Å². The molecule has 11 heavy (non-hydrogen) atoms. The summed E-state index contributed by atoms with van der Waals surface area (Å²) in [6.45, 7) is 2.67. The van der Waals surface area contributed by atoms with E-state index in [1.807, 2.05) is 14.0 Å². The molecule has 0 rings (SSSR count). The lowest BCUT2D eigenvalue weighted by Gasteiger charge is -2.11. The Balaban J connectivity index is 3.97. The molecule has 1 N–H and O–H groups in total. The summed E-state index contributed by atoms with van der Waals surface area (Å²) in [4.78, 5) is 0. The lowest BCUT2D eigenvalue weighted by molar-refractivity contribution is 0.567. The van der Waals surface area contributed by atoms with Crippen molar-refractivity contribution < 1.29 is 8.42 Å². The van der Waals surface area contributed by atoms with Crippen LogP contribution in [0.15, 0.2) is 0 Å². The van der Waals surface area contributed by atoms with Gasteiger partial charge in [0.2, 0.25) is 0 Å². The molecule has 0 heterocycles. The van der Waals surface area contributed by atoms with Gasteiger partial charge in [-0.15, -0.1) is 0 Å². The second-order valence-electron chi connectivity index (χ2n) is 2.75. The van der Waals surface area contributed by atoms with Crippen LogP contribution in [0, 0.1) is 0 Å². The summed E-state index contributed by atoms with van der Waals surface area (Å²) in [7, 11) is -0.999. The van der Waals surface area contributed by atoms with Gasteiger partial charge in [0.05, 0.1) is 5.25 Å². The molecule has 0 bridgehead atoms. The topological polar surface area (TPSA) is 46.2 Å². The molecule has 1 unspecified atom stereocenters. The Bertz CT molecular complexity index is 187. The summed E-state index contributed by atoms with van der Waals surface area (Å²) in [5, 5.41) is 2.77. The Morgan fingerprint density at radius 1 is 1.45 bits per heavy atom. The van der Waals surface area contributed by atoms with Crippen LogP contribution in [0.1, 0.15) is 19.8 Å². The van der Waals surface area contributed by atoms with E-state index in [1.165, 1.54) is 6.26 Å². The molecule has 0 aromatic carbocycles. The summed E-state index contributed by atoms with van der Waals surface area (Å²) >= 11 is 0. The minimum Gasteiger partial charge on any atom is -0.320 e. The molecular weight excluding hydrogens is 162 g/mol. The van der Waals surface area contributed by atoms with E-state index in [0.717, 1.165) is 6.54 Å². The van der Waals surface area contributed by atoms with E-state index >= 15 is 0 Å². The normalized spacial score (nSPS) is 14.8. The van der Waals surface area contributed by atoms with Crippen molar-refractivity contribution in [2.45, 2.75) is 25.0 Å². The van der Waals surface area contributed by atoms with E-state index in [2.05, 4.69) is 5.32 Å². The van der Waals surface area contributed by atoms with E-state index in [9.17, 15) is 8.42 Å². The highest BCUT2D eigenvalue weighted by atomic mass is 32.2. The van der Waals surface area contributed by atoms with Gasteiger partial charge in [0.25, 0.3) is 0 Å². The zero-order valence-corrected chi connectivity index (χ0v) is 8.24. The van der Waals surface area contributed by atoms with Crippen LogP contribution in [-0.2, 0) is 9.84 Å². The van der Waals surface area contributed by atoms with Gasteiger partial charge in [-0.1, -0.05) is 6.92 Å². The number of rotatable bonds is 5. The van der Waals surface area contributed by atoms with Crippen molar-refractivity contribution in [3.05, 3.63) is 0 Å². The number of hydrogen-bond acceptors (Lipinski definition) is 3. The minimum absolute atomic E-state index is 0.171. The van der Waals surface area contributed by atoms with Crippen LogP contribution >= 0.6 is 0 Å². The van der Waals surface area contributed by atoms with Crippen molar-refractivity contribution in [3.63, 3.8) is 0 Å². The van der Waals surface area contributed by atoms with Crippen LogP contribution in [0.5, 0.6) is 0 Å². The van der Waals surface area contributed by atoms with Gasteiger partial charge in [0.15, 0.2) is 0 Å². The fourth-order valence-corrected chi connectivity index (χ4v) is 2.18. The van der Waals surface area contributed by atoms with Crippen LogP contribution in [0.3, 0.4) is 0 Å². The third-order valence-corrected chi connectivity index (χ3v) is 3.56. The zero-order chi connectivity index (χ0) is 8.91. The largest absolute Gasteiger partial charge is 0.320 e. The van der Waals surface area contributed by atoms with Crippen molar-refractivity contribution in [2.24, 2.45) is 0 Å². The Morgan fingerprint density at radius 3 is 2.27 bits per heavy atom. The predicted molar refractivity (Wildman–Crippen MR) is 47.5 cm³/mol. The highest BCUT2D eigenvalue weighted by molar-refractivity contribution is 7.91. The van der Waals surface area contributed by atoms with Crippen molar-refractivity contribution in [2.75, 3.05) is 19.8 Å². The monoisotopic (exact) mass is 179 g/mol. The maximum Gasteiger partial charge on any atom is 0.150 e. The van der Waals surface area contributed by atoms with E-state index in [1.54, 1.807) is 0 Å². The molecule has 68 valence electrons. The summed E-state index contributed by atoms with van der Waals surface area (Å²) < 4.78 is 22.1. The third kappa shape index (κ3) is 4.37. The summed E-state index contributed by atoms with van der Waals surface area (Å²) in [5.41, 5.74) is 0. The molecule has 1 atom stereocenters. The van der Waals surface area contributed by atoms with E-state index < -0.39 is 9.84 Å². The highest BCUT2D eigenvalue weighted by Gasteiger charge is 2.16. The first kappa shape index (κ1) is 10.9. The van der Waals surface area contributed by atoms with Crippen LogP contribution < -0.4 is 5.32 Å². The van der Waals surface area contributed by atoms with Gasteiger partial charge in [0.1, 0.15) is 9.84 Å². The zero-order valence-electron chi connectivity index (χ0n) is 7.42. The van der Waals surface area contributed by atoms with Gasteiger partial charge < -0.3 is 5.32 Å². The van der Waals surface area contributed by atoms with Crippen LogP contribution in [0.2, 0.25) is 0 Å². The van der Waals surface area contributed by atoms with E-state index in [-0.39, 0.29) is 5.25 Å². The predicted octanol–water partition coefficient (Wildman–Crippen LogP) is 0.419. The highest BCUT2D eigenvalue weighted by Crippen LogP contribution is 2.07. The summed E-state index contributed by atoms with van der Waals surface area (Å²) in [5.74, 6) is 0. The third-order valence-electron chi connectivity index (χ3n) is 1.78. The standard InChI is InChI=1S/C7H17NO2S/c1-4-7(5-6-8-2)11(3,9)10/h7-8H,4-6H2,1-3H3. The Hall–Kier alpha value is -0.0900. The SMILES string of the molecule is CCC(CCNC)S(C)(=O)=O. The molecule has 0 aliphatic heterocycles. The maximum atomic E-state index is 11.0. The van der Waals surface area contributed by atoms with Gasteiger partial charge in [0, 0.05) is 6.26 Å². The molecule has 0 aliphatic rings. The Kier molecular flexibility index (Phi) is 4.68. The molecule has 0 saturated heterocycles. The fraction of sp³-hybridized carbons (Fsp3) is 1.00. The molecule has 0 aliphatic carbocycles. The molecular formula is C7H17NO2S. The van der Waals surface area contributed by atoms with Crippen LogP contribution in [0.4, 0.5) is 0 Å². The molecule has 4 heteroatoms. The molecule has 3 nitrogen and oxygen atoms in total. The molecule has 0 aromatic rings. The lowest BCUT2D eigenvalue weighted by atomic mass is 10.2. The van der Waals surface area contributed by atoms with E-state index in [4.69, 9.17) is 0 Å². The number of nitrogens with one attached hydrogen (secondary N) is 1. The van der Waals surface area contributed by atoms with Gasteiger partial charge in [-0.2, -0.15) is 0 Å². The van der Waals surface area contributed by atoms with Crippen molar-refractivity contribution in [3.8, 4) is 0 Å². The van der Waals surface area contributed by atoms with Crippen molar-refractivity contribution in [1.29, 1.82) is 0 Å². The van der Waals surface area contributed by atoms with Crippen LogP contribution in [0.25, 0.3) is 0 Å². The second-order valence-corrected chi connectivity index (χ2v) is 5.08. The maximum absolute atomic E-state index is 11.0. The van der Waals surface area contributed by atoms with Crippen molar-refractivity contribution >= 4 is 9.84 Å². The Labute approximate surface area is 69.1 Å². The Morgan fingerprint density at radius 2 is 2.00 bits per heavy atom. The lowest BCUT2D eigenvalue weighted by Crippen LogP contribution is -2.23. The molecule has 0 aromatic heterocycles. The van der Waals surface area contributed by atoms with Crippen LogP contribution in [-0.4, -0.2) is 33.5 Å². The van der Waals surface area contributed by atoms with Gasteiger partial charge in [-0.05, 0) is 26.4 Å². The number of hydrogen-bond donors (Lipinski definition) is 1. The molecule has 0 radical (unpaired) electrons. The first-order valence-electron chi connectivity index (χ1n) is 3.85.